The number of fused-ring (bicyclic) bond motifs is 1. The highest BCUT2D eigenvalue weighted by Crippen LogP contribution is 2.38. The monoisotopic (exact) mass is 514 g/mol. The molecule has 0 unspecified atom stereocenters. The Morgan fingerprint density at radius 1 is 1.00 bits per heavy atom. The molecule has 9 heteroatoms. The van der Waals surface area contributed by atoms with Crippen LogP contribution in [0.25, 0.3) is 0 Å². The van der Waals surface area contributed by atoms with Gasteiger partial charge >= 0.3 is 6.18 Å². The van der Waals surface area contributed by atoms with E-state index in [1.807, 2.05) is 42.2 Å². The Morgan fingerprint density at radius 2 is 1.76 bits per heavy atom. The first kappa shape index (κ1) is 25.2. The van der Waals surface area contributed by atoms with Crippen LogP contribution in [0.15, 0.2) is 70.6 Å². The summed E-state index contributed by atoms with van der Waals surface area (Å²) in [5.41, 5.74) is 2.66. The quantitative estimate of drug-likeness (QED) is 0.457. The molecule has 5 rings (SSSR count). The maximum Gasteiger partial charge on any atom is 0.416 e. The van der Waals surface area contributed by atoms with Crippen molar-refractivity contribution in [2.24, 2.45) is 4.99 Å². The minimum Gasteiger partial charge on any atom is -0.497 e. The molecule has 0 spiro atoms. The Morgan fingerprint density at radius 3 is 2.46 bits per heavy atom. The molecule has 5 nitrogen and oxygen atoms in total. The highest BCUT2D eigenvalue weighted by atomic mass is 19.4. The SMILES string of the molecule is CCc1ccc(C(F)(F)F)cc1N1CC2=CCCC(F)=C2N=C1N1CCN(c2cccc(OC)c2)CC1. The van der Waals surface area contributed by atoms with E-state index in [4.69, 9.17) is 9.73 Å². The highest BCUT2D eigenvalue weighted by Gasteiger charge is 2.35. The molecule has 0 N–H and O–H groups in total. The zero-order valence-electron chi connectivity index (χ0n) is 21.0. The molecule has 0 aromatic heterocycles. The van der Waals surface area contributed by atoms with Gasteiger partial charge < -0.3 is 19.4 Å². The first-order valence-electron chi connectivity index (χ1n) is 12.6. The Labute approximate surface area is 214 Å². The number of allylic oxidation sites excluding steroid dienone is 2. The van der Waals surface area contributed by atoms with Gasteiger partial charge in [-0.1, -0.05) is 25.1 Å². The summed E-state index contributed by atoms with van der Waals surface area (Å²) in [5.74, 6) is 1.02. The van der Waals surface area contributed by atoms with Crippen molar-refractivity contribution in [2.45, 2.75) is 32.4 Å². The van der Waals surface area contributed by atoms with Crippen molar-refractivity contribution in [3.63, 3.8) is 0 Å². The molecule has 0 atom stereocenters. The van der Waals surface area contributed by atoms with Gasteiger partial charge in [0.05, 0.1) is 19.2 Å². The topological polar surface area (TPSA) is 31.3 Å². The van der Waals surface area contributed by atoms with Crippen molar-refractivity contribution in [3.05, 3.63) is 76.8 Å². The number of benzene rings is 2. The summed E-state index contributed by atoms with van der Waals surface area (Å²) in [5, 5.41) is 0. The molecule has 2 aromatic rings. The maximum absolute atomic E-state index is 14.8. The molecule has 2 heterocycles. The van der Waals surface area contributed by atoms with Crippen LogP contribution < -0.4 is 14.5 Å². The van der Waals surface area contributed by atoms with E-state index >= 15 is 0 Å². The van der Waals surface area contributed by atoms with E-state index in [0.717, 1.165) is 28.6 Å². The van der Waals surface area contributed by atoms with Gasteiger partial charge in [0, 0.05) is 50.0 Å². The molecule has 1 fully saturated rings. The fourth-order valence-electron chi connectivity index (χ4n) is 5.13. The van der Waals surface area contributed by atoms with E-state index in [1.165, 1.54) is 12.1 Å². The average molecular weight is 515 g/mol. The van der Waals surface area contributed by atoms with Crippen molar-refractivity contribution in [1.29, 1.82) is 0 Å². The Balaban J connectivity index is 1.50. The number of aryl methyl sites for hydroxylation is 1. The normalized spacial score (nSPS) is 18.5. The number of alkyl halides is 3. The molecule has 37 heavy (non-hydrogen) atoms. The van der Waals surface area contributed by atoms with E-state index in [2.05, 4.69) is 9.80 Å². The lowest BCUT2D eigenvalue weighted by atomic mass is 9.99. The zero-order valence-corrected chi connectivity index (χ0v) is 21.0. The maximum atomic E-state index is 14.8. The van der Waals surface area contributed by atoms with Crippen LogP contribution in [0.5, 0.6) is 5.75 Å². The molecule has 0 bridgehead atoms. The number of methoxy groups -OCH3 is 1. The fourth-order valence-corrected chi connectivity index (χ4v) is 5.13. The van der Waals surface area contributed by atoms with Crippen molar-refractivity contribution >= 4 is 17.3 Å². The summed E-state index contributed by atoms with van der Waals surface area (Å²) in [7, 11) is 1.63. The fraction of sp³-hybridized carbons (Fsp3) is 0.393. The smallest absolute Gasteiger partial charge is 0.416 e. The second-order valence-corrected chi connectivity index (χ2v) is 9.39. The lowest BCUT2D eigenvalue weighted by molar-refractivity contribution is -0.137. The van der Waals surface area contributed by atoms with Gasteiger partial charge in [0.25, 0.3) is 0 Å². The van der Waals surface area contributed by atoms with Crippen LogP contribution in [0, 0.1) is 0 Å². The number of hydrogen-bond acceptors (Lipinski definition) is 5. The van der Waals surface area contributed by atoms with Crippen LogP contribution in [0.2, 0.25) is 0 Å². The number of hydrogen-bond donors (Lipinski definition) is 0. The lowest BCUT2D eigenvalue weighted by Crippen LogP contribution is -2.55. The first-order chi connectivity index (χ1) is 17.8. The average Bonchev–Trinajstić information content (AvgIpc) is 2.92. The summed E-state index contributed by atoms with van der Waals surface area (Å²) in [6, 6.07) is 11.7. The molecule has 3 aliphatic rings. The van der Waals surface area contributed by atoms with Crippen molar-refractivity contribution in [2.75, 3.05) is 49.6 Å². The van der Waals surface area contributed by atoms with Crippen LogP contribution >= 0.6 is 0 Å². The Kier molecular flexibility index (Phi) is 6.88. The number of ether oxygens (including phenoxy) is 1. The minimum absolute atomic E-state index is 0.260. The van der Waals surface area contributed by atoms with Gasteiger partial charge in [-0.2, -0.15) is 13.2 Å². The summed E-state index contributed by atoms with van der Waals surface area (Å²) >= 11 is 0. The van der Waals surface area contributed by atoms with Gasteiger partial charge in [-0.05, 0) is 48.2 Å². The molecule has 2 aliphatic heterocycles. The summed E-state index contributed by atoms with van der Waals surface area (Å²) in [4.78, 5) is 10.9. The van der Waals surface area contributed by atoms with Gasteiger partial charge in [0.15, 0.2) is 0 Å². The highest BCUT2D eigenvalue weighted by molar-refractivity contribution is 6.00. The van der Waals surface area contributed by atoms with Crippen molar-refractivity contribution in [1.82, 2.24) is 4.90 Å². The van der Waals surface area contributed by atoms with Gasteiger partial charge in [-0.15, -0.1) is 0 Å². The largest absolute Gasteiger partial charge is 0.497 e. The van der Waals surface area contributed by atoms with E-state index < -0.39 is 11.7 Å². The minimum atomic E-state index is -4.46. The molecular formula is C28H30F4N4O. The van der Waals surface area contributed by atoms with E-state index in [9.17, 15) is 17.6 Å². The molecule has 1 aliphatic carbocycles. The van der Waals surface area contributed by atoms with Gasteiger partial charge in [0.2, 0.25) is 5.96 Å². The number of guanidine groups is 1. The zero-order chi connectivity index (χ0) is 26.2. The number of piperazine rings is 1. The third-order valence-electron chi connectivity index (χ3n) is 7.16. The number of aliphatic imine (C=N–C) groups is 1. The number of halogens is 4. The van der Waals surface area contributed by atoms with Gasteiger partial charge in [0.1, 0.15) is 17.3 Å². The third-order valence-corrected chi connectivity index (χ3v) is 7.16. The Bertz CT molecular complexity index is 1260. The predicted molar refractivity (Wildman–Crippen MR) is 138 cm³/mol. The van der Waals surface area contributed by atoms with E-state index in [0.29, 0.717) is 62.8 Å². The van der Waals surface area contributed by atoms with Crippen molar-refractivity contribution in [3.8, 4) is 5.75 Å². The molecule has 2 aromatic carbocycles. The molecule has 0 radical (unpaired) electrons. The first-order valence-corrected chi connectivity index (χ1v) is 12.6. The predicted octanol–water partition coefficient (Wildman–Crippen LogP) is 6.18. The van der Waals surface area contributed by atoms with Crippen LogP contribution in [0.4, 0.5) is 28.9 Å². The molecule has 1 saturated heterocycles. The van der Waals surface area contributed by atoms with Crippen LogP contribution in [-0.4, -0.2) is 50.7 Å². The standard InChI is InChI=1S/C28H30F4N4O/c1-3-19-10-11-21(28(30,31)32)16-25(19)36-18-20-6-4-9-24(29)26(20)33-27(36)35-14-12-34(13-15-35)22-7-5-8-23(17-22)37-2/h5-8,10-11,16-17H,3-4,9,12-15,18H2,1-2H3. The number of nitrogens with zero attached hydrogens (tertiary/aromatic N) is 4. The molecule has 0 amide bonds. The third kappa shape index (κ3) is 5.04. The second-order valence-electron chi connectivity index (χ2n) is 9.39. The van der Waals surface area contributed by atoms with E-state index in [-0.39, 0.29) is 12.4 Å². The van der Waals surface area contributed by atoms with Crippen molar-refractivity contribution < 1.29 is 22.3 Å². The number of anilines is 2. The number of rotatable bonds is 4. The second kappa shape index (κ2) is 10.1. The molecule has 196 valence electrons. The van der Waals surface area contributed by atoms with Gasteiger partial charge in [-0.3, -0.25) is 0 Å². The van der Waals surface area contributed by atoms with Crippen LogP contribution in [0.1, 0.15) is 30.9 Å². The Hall–Kier alpha value is -3.49. The molecule has 0 saturated carbocycles. The lowest BCUT2D eigenvalue weighted by Gasteiger charge is -2.43. The van der Waals surface area contributed by atoms with Crippen LogP contribution in [0.3, 0.4) is 0 Å². The summed E-state index contributed by atoms with van der Waals surface area (Å²) < 4.78 is 61.2. The summed E-state index contributed by atoms with van der Waals surface area (Å²) in [6.07, 6.45) is -1.09. The summed E-state index contributed by atoms with van der Waals surface area (Å²) in [6.45, 7) is 4.78. The van der Waals surface area contributed by atoms with Crippen LogP contribution in [-0.2, 0) is 12.6 Å². The van der Waals surface area contributed by atoms with E-state index in [1.54, 1.807) is 7.11 Å². The molecular weight excluding hydrogens is 484 g/mol. The van der Waals surface area contributed by atoms with Gasteiger partial charge in [-0.25, -0.2) is 9.38 Å².